The van der Waals surface area contributed by atoms with Gasteiger partial charge in [-0.3, -0.25) is 4.79 Å². The Morgan fingerprint density at radius 3 is 1.93 bits per heavy atom. The zero-order valence-corrected chi connectivity index (χ0v) is 18.5. The molecule has 162 valence electrons. The molecule has 0 aliphatic carbocycles. The van der Waals surface area contributed by atoms with Gasteiger partial charge in [-0.2, -0.15) is 0 Å². The highest BCUT2D eigenvalue weighted by Crippen LogP contribution is 2.34. The molecule has 0 aromatic heterocycles. The SMILES string of the molecule is CCS[C@@H]1O[C@@H](C)[C@H](OCc2ccccc2)[C@@H](OCc2ccccc2)[C@H]1OC(C)=O. The molecule has 30 heavy (non-hydrogen) atoms. The van der Waals surface area contributed by atoms with Crippen molar-refractivity contribution in [1.82, 2.24) is 0 Å². The maximum Gasteiger partial charge on any atom is 0.303 e. The number of rotatable bonds is 9. The second kappa shape index (κ2) is 11.5. The van der Waals surface area contributed by atoms with Crippen LogP contribution >= 0.6 is 11.8 Å². The van der Waals surface area contributed by atoms with Crippen LogP contribution in [0.2, 0.25) is 0 Å². The summed E-state index contributed by atoms with van der Waals surface area (Å²) in [7, 11) is 0. The van der Waals surface area contributed by atoms with Crippen LogP contribution in [0.15, 0.2) is 60.7 Å². The van der Waals surface area contributed by atoms with E-state index in [4.69, 9.17) is 18.9 Å². The predicted molar refractivity (Wildman–Crippen MR) is 118 cm³/mol. The highest BCUT2D eigenvalue weighted by Gasteiger charge is 2.47. The number of esters is 1. The number of benzene rings is 2. The van der Waals surface area contributed by atoms with Crippen LogP contribution in [-0.2, 0) is 37.0 Å². The van der Waals surface area contributed by atoms with Gasteiger partial charge in [0.25, 0.3) is 0 Å². The second-order valence-electron chi connectivity index (χ2n) is 7.26. The van der Waals surface area contributed by atoms with Gasteiger partial charge in [-0.15, -0.1) is 11.8 Å². The average molecular weight is 431 g/mol. The first kappa shape index (κ1) is 22.8. The number of thioether (sulfide) groups is 1. The number of carbonyl (C=O) groups excluding carboxylic acids is 1. The van der Waals surface area contributed by atoms with Crippen molar-refractivity contribution >= 4 is 17.7 Å². The lowest BCUT2D eigenvalue weighted by Gasteiger charge is -2.44. The third kappa shape index (κ3) is 6.32. The monoisotopic (exact) mass is 430 g/mol. The van der Waals surface area contributed by atoms with E-state index in [9.17, 15) is 4.79 Å². The van der Waals surface area contributed by atoms with Crippen LogP contribution in [-0.4, -0.2) is 41.6 Å². The molecule has 5 nitrogen and oxygen atoms in total. The quantitative estimate of drug-likeness (QED) is 0.543. The summed E-state index contributed by atoms with van der Waals surface area (Å²) in [5.41, 5.74) is 1.83. The summed E-state index contributed by atoms with van der Waals surface area (Å²) in [5, 5.41) is 0. The number of carbonyl (C=O) groups is 1. The van der Waals surface area contributed by atoms with Gasteiger partial charge in [-0.05, 0) is 23.8 Å². The average Bonchev–Trinajstić information content (AvgIpc) is 2.75. The lowest BCUT2D eigenvalue weighted by molar-refractivity contribution is -0.237. The predicted octanol–water partition coefficient (Wildman–Crippen LogP) is 4.59. The molecule has 0 bridgehead atoms. The lowest BCUT2D eigenvalue weighted by Crippen LogP contribution is -2.58. The minimum atomic E-state index is -0.548. The number of hydrogen-bond acceptors (Lipinski definition) is 6. The highest BCUT2D eigenvalue weighted by molar-refractivity contribution is 7.99. The normalized spacial score (nSPS) is 26.3. The zero-order valence-electron chi connectivity index (χ0n) is 17.7. The van der Waals surface area contributed by atoms with Crippen molar-refractivity contribution in [3.8, 4) is 0 Å². The molecule has 1 saturated heterocycles. The Labute approximate surface area is 183 Å². The molecule has 6 heteroatoms. The Morgan fingerprint density at radius 1 is 0.900 bits per heavy atom. The van der Waals surface area contributed by atoms with Crippen molar-refractivity contribution in [2.75, 3.05) is 5.75 Å². The third-order valence-electron chi connectivity index (χ3n) is 4.93. The van der Waals surface area contributed by atoms with E-state index < -0.39 is 12.2 Å². The van der Waals surface area contributed by atoms with Crippen molar-refractivity contribution in [2.45, 2.75) is 63.8 Å². The molecular weight excluding hydrogens is 400 g/mol. The molecule has 3 rings (SSSR count). The van der Waals surface area contributed by atoms with Crippen molar-refractivity contribution in [3.05, 3.63) is 71.8 Å². The van der Waals surface area contributed by atoms with Crippen LogP contribution in [0.25, 0.3) is 0 Å². The van der Waals surface area contributed by atoms with Crippen LogP contribution in [0.1, 0.15) is 31.9 Å². The molecule has 0 unspecified atom stereocenters. The smallest absolute Gasteiger partial charge is 0.303 e. The standard InChI is InChI=1S/C24H30O5S/c1-4-30-24-23(29-18(3)25)22(27-16-20-13-9-6-10-14-20)21(17(2)28-24)26-15-19-11-7-5-8-12-19/h5-14,17,21-24H,4,15-16H2,1-3H3/t17-,21-,22+,23+,24-/m0/s1. The molecule has 1 fully saturated rings. The highest BCUT2D eigenvalue weighted by atomic mass is 32.2. The van der Waals surface area contributed by atoms with E-state index in [1.54, 1.807) is 11.8 Å². The Morgan fingerprint density at radius 2 is 1.43 bits per heavy atom. The van der Waals surface area contributed by atoms with Crippen LogP contribution in [0, 0.1) is 0 Å². The summed E-state index contributed by atoms with van der Waals surface area (Å²) in [5.74, 6) is 0.491. The van der Waals surface area contributed by atoms with E-state index in [1.165, 1.54) is 6.92 Å². The van der Waals surface area contributed by atoms with E-state index in [0.717, 1.165) is 16.9 Å². The molecule has 2 aromatic rings. The topological polar surface area (TPSA) is 54.0 Å². The molecule has 1 aliphatic heterocycles. The first-order chi connectivity index (χ1) is 14.6. The lowest BCUT2D eigenvalue weighted by atomic mass is 9.99. The molecule has 2 aromatic carbocycles. The maximum atomic E-state index is 11.9. The van der Waals surface area contributed by atoms with Gasteiger partial charge in [-0.25, -0.2) is 0 Å². The van der Waals surface area contributed by atoms with Gasteiger partial charge in [0.05, 0.1) is 19.3 Å². The van der Waals surface area contributed by atoms with Crippen molar-refractivity contribution in [2.24, 2.45) is 0 Å². The van der Waals surface area contributed by atoms with Crippen LogP contribution in [0.3, 0.4) is 0 Å². The fourth-order valence-corrected chi connectivity index (χ4v) is 4.52. The molecule has 0 amide bonds. The van der Waals surface area contributed by atoms with Gasteiger partial charge in [-0.1, -0.05) is 67.6 Å². The minimum Gasteiger partial charge on any atom is -0.456 e. The molecule has 0 spiro atoms. The largest absolute Gasteiger partial charge is 0.456 e. The Kier molecular flexibility index (Phi) is 8.75. The van der Waals surface area contributed by atoms with Gasteiger partial charge in [0.15, 0.2) is 6.10 Å². The van der Waals surface area contributed by atoms with Crippen LogP contribution in [0.5, 0.6) is 0 Å². The Balaban J connectivity index is 1.80. The Bertz CT molecular complexity index is 770. The molecule has 0 radical (unpaired) electrons. The summed E-state index contributed by atoms with van der Waals surface area (Å²) < 4.78 is 24.5. The van der Waals surface area contributed by atoms with Crippen molar-refractivity contribution in [1.29, 1.82) is 0 Å². The zero-order chi connectivity index (χ0) is 21.3. The van der Waals surface area contributed by atoms with Gasteiger partial charge in [0.1, 0.15) is 17.6 Å². The molecule has 0 N–H and O–H groups in total. The fraction of sp³-hybridized carbons (Fsp3) is 0.458. The molecule has 1 aliphatic rings. The van der Waals surface area contributed by atoms with E-state index in [0.29, 0.717) is 13.2 Å². The van der Waals surface area contributed by atoms with Gasteiger partial charge in [0.2, 0.25) is 0 Å². The van der Waals surface area contributed by atoms with Crippen molar-refractivity contribution < 1.29 is 23.7 Å². The van der Waals surface area contributed by atoms with Crippen LogP contribution < -0.4 is 0 Å². The summed E-state index contributed by atoms with van der Waals surface area (Å²) in [6, 6.07) is 20.0. The third-order valence-corrected chi connectivity index (χ3v) is 5.97. The van der Waals surface area contributed by atoms with E-state index in [2.05, 4.69) is 6.92 Å². The number of ether oxygens (including phenoxy) is 4. The van der Waals surface area contributed by atoms with Crippen molar-refractivity contribution in [3.63, 3.8) is 0 Å². The van der Waals surface area contributed by atoms with E-state index in [-0.39, 0.29) is 23.6 Å². The molecule has 0 saturated carbocycles. The molecular formula is C24H30O5S. The second-order valence-corrected chi connectivity index (χ2v) is 8.64. The minimum absolute atomic E-state index is 0.203. The summed E-state index contributed by atoms with van der Waals surface area (Å²) in [6.07, 6.45) is -1.56. The molecule has 5 atom stereocenters. The summed E-state index contributed by atoms with van der Waals surface area (Å²) in [6.45, 7) is 6.30. The van der Waals surface area contributed by atoms with Gasteiger partial charge >= 0.3 is 5.97 Å². The first-order valence-electron chi connectivity index (χ1n) is 10.3. The summed E-state index contributed by atoms with van der Waals surface area (Å²) >= 11 is 1.61. The van der Waals surface area contributed by atoms with Gasteiger partial charge in [0, 0.05) is 6.92 Å². The van der Waals surface area contributed by atoms with E-state index in [1.807, 2.05) is 67.6 Å². The summed E-state index contributed by atoms with van der Waals surface area (Å²) in [4.78, 5) is 11.9. The number of hydrogen-bond donors (Lipinski definition) is 0. The first-order valence-corrected chi connectivity index (χ1v) is 11.4. The Hall–Kier alpha value is -1.86. The van der Waals surface area contributed by atoms with Gasteiger partial charge < -0.3 is 18.9 Å². The van der Waals surface area contributed by atoms with E-state index >= 15 is 0 Å². The van der Waals surface area contributed by atoms with Crippen LogP contribution in [0.4, 0.5) is 0 Å². The maximum absolute atomic E-state index is 11.9. The fourth-order valence-electron chi connectivity index (χ4n) is 3.54. The molecule has 1 heterocycles.